The van der Waals surface area contributed by atoms with Crippen molar-refractivity contribution >= 4 is 39.0 Å². The van der Waals surface area contributed by atoms with Crippen molar-refractivity contribution in [2.24, 2.45) is 0 Å². The summed E-state index contributed by atoms with van der Waals surface area (Å²) < 4.78 is 2.11. The van der Waals surface area contributed by atoms with Gasteiger partial charge in [0.25, 0.3) is 0 Å². The molecule has 15 heavy (non-hydrogen) atoms. The summed E-state index contributed by atoms with van der Waals surface area (Å²) in [5, 5.41) is 3.07. The molecule has 0 saturated carbocycles. The molecule has 0 saturated heterocycles. The lowest BCUT2D eigenvalue weighted by molar-refractivity contribution is 0.877. The first kappa shape index (κ1) is 11.1. The summed E-state index contributed by atoms with van der Waals surface area (Å²) in [5.41, 5.74) is 0. The van der Waals surface area contributed by atoms with E-state index in [0.717, 1.165) is 21.9 Å². The van der Waals surface area contributed by atoms with Crippen LogP contribution in [0.2, 0.25) is 0 Å². The van der Waals surface area contributed by atoms with Crippen molar-refractivity contribution in [1.82, 2.24) is 9.97 Å². The first-order chi connectivity index (χ1) is 7.28. The third kappa shape index (κ3) is 3.03. The minimum absolute atomic E-state index is 0.855. The topological polar surface area (TPSA) is 25.8 Å². The Morgan fingerprint density at radius 2 is 2.33 bits per heavy atom. The van der Waals surface area contributed by atoms with Crippen LogP contribution in [0.4, 0.5) is 0 Å². The fraction of sp³-hybridized carbons (Fsp3) is 0.200. The van der Waals surface area contributed by atoms with Crippen LogP contribution in [0.1, 0.15) is 12.7 Å². The van der Waals surface area contributed by atoms with E-state index < -0.39 is 0 Å². The van der Waals surface area contributed by atoms with E-state index in [1.54, 1.807) is 23.1 Å². The first-order valence-electron chi connectivity index (χ1n) is 4.52. The van der Waals surface area contributed by atoms with Gasteiger partial charge in [0.2, 0.25) is 0 Å². The molecule has 0 spiro atoms. The zero-order valence-corrected chi connectivity index (χ0v) is 11.3. The minimum atomic E-state index is 0.855. The highest BCUT2D eigenvalue weighted by molar-refractivity contribution is 9.10. The van der Waals surface area contributed by atoms with Gasteiger partial charge in [-0.05, 0) is 27.4 Å². The molecule has 5 heteroatoms. The normalized spacial score (nSPS) is 10.5. The van der Waals surface area contributed by atoms with Crippen LogP contribution in [-0.4, -0.2) is 9.97 Å². The maximum atomic E-state index is 4.46. The van der Waals surface area contributed by atoms with Crippen LogP contribution in [0.5, 0.6) is 0 Å². The van der Waals surface area contributed by atoms with Crippen LogP contribution < -0.4 is 0 Å². The maximum absolute atomic E-state index is 4.46. The molecule has 0 unspecified atom stereocenters. The Hall–Kier alpha value is -0.390. The Kier molecular flexibility index (Phi) is 3.77. The molecule has 0 N–H and O–H groups in total. The molecule has 0 amide bonds. The van der Waals surface area contributed by atoms with E-state index in [0.29, 0.717) is 0 Å². The van der Waals surface area contributed by atoms with Crippen molar-refractivity contribution in [2.45, 2.75) is 22.6 Å². The predicted octanol–water partition coefficient (Wildman–Crippen LogP) is 4.01. The highest BCUT2D eigenvalue weighted by Gasteiger charge is 2.04. The van der Waals surface area contributed by atoms with Crippen LogP contribution in [0.3, 0.4) is 0 Å². The lowest BCUT2D eigenvalue weighted by atomic mass is 10.4. The summed E-state index contributed by atoms with van der Waals surface area (Å²) in [6, 6.07) is 6.09. The van der Waals surface area contributed by atoms with E-state index in [4.69, 9.17) is 0 Å². The number of aryl methyl sites for hydroxylation is 1. The van der Waals surface area contributed by atoms with Crippen molar-refractivity contribution in [3.8, 4) is 0 Å². The Morgan fingerprint density at radius 1 is 1.47 bits per heavy atom. The predicted molar refractivity (Wildman–Crippen MR) is 67.6 cm³/mol. The fourth-order valence-corrected chi connectivity index (χ4v) is 3.39. The van der Waals surface area contributed by atoms with Gasteiger partial charge in [-0.2, -0.15) is 0 Å². The highest BCUT2D eigenvalue weighted by Crippen LogP contribution is 2.30. The molecular formula is C10H9BrN2S2. The molecule has 2 aromatic heterocycles. The van der Waals surface area contributed by atoms with Gasteiger partial charge in [0, 0.05) is 12.5 Å². The van der Waals surface area contributed by atoms with Gasteiger partial charge in [-0.15, -0.1) is 11.3 Å². The van der Waals surface area contributed by atoms with Crippen LogP contribution in [0.15, 0.2) is 37.4 Å². The second kappa shape index (κ2) is 5.09. The minimum Gasteiger partial charge on any atom is -0.226 e. The number of halogens is 1. The van der Waals surface area contributed by atoms with Gasteiger partial charge in [0.15, 0.2) is 0 Å². The van der Waals surface area contributed by atoms with Crippen molar-refractivity contribution in [2.75, 3.05) is 0 Å². The fourth-order valence-electron chi connectivity index (χ4n) is 1.08. The van der Waals surface area contributed by atoms with Crippen LogP contribution in [0.25, 0.3) is 0 Å². The molecule has 2 rings (SSSR count). The third-order valence-corrected chi connectivity index (χ3v) is 4.10. The summed E-state index contributed by atoms with van der Waals surface area (Å²) in [5.74, 6) is 0.878. The number of hydrogen-bond acceptors (Lipinski definition) is 4. The number of rotatable bonds is 3. The molecule has 0 aliphatic heterocycles. The monoisotopic (exact) mass is 300 g/mol. The van der Waals surface area contributed by atoms with E-state index in [1.807, 2.05) is 12.1 Å². The molecule has 0 aliphatic rings. The molecule has 2 aromatic rings. The van der Waals surface area contributed by atoms with Crippen LogP contribution in [0, 0.1) is 0 Å². The Labute approximate surface area is 105 Å². The summed E-state index contributed by atoms with van der Waals surface area (Å²) >= 11 is 6.80. The molecule has 0 fully saturated rings. The average molecular weight is 301 g/mol. The summed E-state index contributed by atoms with van der Waals surface area (Å²) in [4.78, 5) is 8.73. The molecule has 2 heterocycles. The summed E-state index contributed by atoms with van der Waals surface area (Å²) in [6.07, 6.45) is 0.859. The lowest BCUT2D eigenvalue weighted by Gasteiger charge is -2.01. The zero-order valence-electron chi connectivity index (χ0n) is 8.11. The van der Waals surface area contributed by atoms with Crippen LogP contribution >= 0.6 is 39.0 Å². The molecule has 0 aliphatic carbocycles. The number of hydrogen-bond donors (Lipinski definition) is 0. The first-order valence-corrected chi connectivity index (χ1v) is 7.01. The molecular weight excluding hydrogens is 292 g/mol. The number of thiophene rings is 1. The van der Waals surface area contributed by atoms with Gasteiger partial charge >= 0.3 is 0 Å². The van der Waals surface area contributed by atoms with Gasteiger partial charge in [-0.25, -0.2) is 9.97 Å². The van der Waals surface area contributed by atoms with Crippen molar-refractivity contribution in [3.63, 3.8) is 0 Å². The van der Waals surface area contributed by atoms with Gasteiger partial charge < -0.3 is 0 Å². The molecule has 0 aromatic carbocycles. The zero-order chi connectivity index (χ0) is 10.7. The summed E-state index contributed by atoms with van der Waals surface area (Å²) in [7, 11) is 0. The van der Waals surface area contributed by atoms with Crippen molar-refractivity contribution in [3.05, 3.63) is 34.0 Å². The second-order valence-corrected chi connectivity index (χ2v) is 5.91. The van der Waals surface area contributed by atoms with Gasteiger partial charge in [-0.1, -0.05) is 24.8 Å². The Morgan fingerprint density at radius 3 is 3.00 bits per heavy atom. The van der Waals surface area contributed by atoms with E-state index in [1.165, 1.54) is 4.21 Å². The number of nitrogens with zero attached hydrogens (tertiary/aromatic N) is 2. The van der Waals surface area contributed by atoms with E-state index in [2.05, 4.69) is 44.3 Å². The van der Waals surface area contributed by atoms with Gasteiger partial charge in [-0.3, -0.25) is 0 Å². The Balaban J connectivity index is 2.24. The van der Waals surface area contributed by atoms with Crippen molar-refractivity contribution in [1.29, 1.82) is 0 Å². The molecule has 0 radical (unpaired) electrons. The van der Waals surface area contributed by atoms with E-state index in [9.17, 15) is 0 Å². The van der Waals surface area contributed by atoms with Crippen LogP contribution in [-0.2, 0) is 6.42 Å². The molecule has 0 bridgehead atoms. The smallest absolute Gasteiger partial charge is 0.130 e. The second-order valence-electron chi connectivity index (χ2n) is 2.83. The maximum Gasteiger partial charge on any atom is 0.130 e. The summed E-state index contributed by atoms with van der Waals surface area (Å²) in [6.45, 7) is 2.06. The van der Waals surface area contributed by atoms with E-state index in [-0.39, 0.29) is 0 Å². The quantitative estimate of drug-likeness (QED) is 0.801. The number of aromatic nitrogens is 2. The van der Waals surface area contributed by atoms with E-state index >= 15 is 0 Å². The van der Waals surface area contributed by atoms with Crippen molar-refractivity contribution < 1.29 is 0 Å². The standard InChI is InChI=1S/C10H9BrN2S2/c1-2-8-12-7(11)6-9(13-8)15-10-4-3-5-14-10/h3-6H,2H2,1H3. The highest BCUT2D eigenvalue weighted by atomic mass is 79.9. The lowest BCUT2D eigenvalue weighted by Crippen LogP contribution is -1.94. The van der Waals surface area contributed by atoms with Gasteiger partial charge in [0.05, 0.1) is 4.21 Å². The third-order valence-electron chi connectivity index (χ3n) is 1.73. The average Bonchev–Trinajstić information content (AvgIpc) is 2.69. The SMILES string of the molecule is CCc1nc(Br)cc(Sc2cccs2)n1. The Bertz CT molecular complexity index is 443. The molecule has 78 valence electrons. The molecule has 2 nitrogen and oxygen atoms in total. The largest absolute Gasteiger partial charge is 0.226 e. The van der Waals surface area contributed by atoms with Gasteiger partial charge in [0.1, 0.15) is 15.5 Å². The molecule has 0 atom stereocenters.